The lowest BCUT2D eigenvalue weighted by atomic mass is 10.2. The molecule has 0 saturated carbocycles. The van der Waals surface area contributed by atoms with Crippen molar-refractivity contribution in [3.05, 3.63) is 38.4 Å². The van der Waals surface area contributed by atoms with Gasteiger partial charge in [-0.1, -0.05) is 5.21 Å². The van der Waals surface area contributed by atoms with Crippen LogP contribution in [-0.4, -0.2) is 25.5 Å². The molecule has 8 nitrogen and oxygen atoms in total. The lowest BCUT2D eigenvalue weighted by molar-refractivity contribution is -0.384. The summed E-state index contributed by atoms with van der Waals surface area (Å²) >= 11 is 2.98. The van der Waals surface area contributed by atoms with E-state index in [4.69, 9.17) is 0 Å². The molecular weight excluding hydrogens is 323 g/mol. The van der Waals surface area contributed by atoms with Crippen molar-refractivity contribution >= 4 is 27.3 Å². The molecule has 0 amide bonds. The van der Waals surface area contributed by atoms with Gasteiger partial charge in [-0.15, -0.1) is 10.2 Å². The van der Waals surface area contributed by atoms with E-state index in [-0.39, 0.29) is 15.8 Å². The Labute approximate surface area is 114 Å². The fourth-order valence-corrected chi connectivity index (χ4v) is 1.80. The molecule has 0 aliphatic rings. The smallest absolute Gasteiger partial charge is 0.295 e. The fourth-order valence-electron chi connectivity index (χ4n) is 1.45. The lowest BCUT2D eigenvalue weighted by Crippen LogP contribution is -2.10. The van der Waals surface area contributed by atoms with Crippen molar-refractivity contribution in [2.75, 3.05) is 5.32 Å². The monoisotopic (exact) mass is 330 g/mol. The fraction of sp³-hybridized carbons (Fsp3) is 0.222. The second kappa shape index (κ2) is 5.26. The zero-order chi connectivity index (χ0) is 14.0. The minimum Gasteiger partial charge on any atom is -0.370 e. The van der Waals surface area contributed by atoms with Gasteiger partial charge >= 0.3 is 0 Å². The van der Waals surface area contributed by atoms with Gasteiger partial charge in [0.15, 0.2) is 5.82 Å². The van der Waals surface area contributed by atoms with Crippen LogP contribution < -0.4 is 5.32 Å². The van der Waals surface area contributed by atoms with Crippen molar-refractivity contribution in [2.24, 2.45) is 0 Å². The van der Waals surface area contributed by atoms with Crippen LogP contribution in [0.15, 0.2) is 16.6 Å². The van der Waals surface area contributed by atoms with Gasteiger partial charge in [0, 0.05) is 0 Å². The zero-order valence-electron chi connectivity index (χ0n) is 9.59. The highest BCUT2D eigenvalue weighted by molar-refractivity contribution is 9.10. The third-order valence-corrected chi connectivity index (χ3v) is 2.96. The number of benzene rings is 1. The minimum absolute atomic E-state index is 0.126. The molecule has 10 heteroatoms. The van der Waals surface area contributed by atoms with Crippen LogP contribution in [0.3, 0.4) is 0 Å². The lowest BCUT2D eigenvalue weighted by Gasteiger charge is -2.12. The van der Waals surface area contributed by atoms with Gasteiger partial charge in [0.2, 0.25) is 0 Å². The molecule has 2 aromatic rings. The van der Waals surface area contributed by atoms with Crippen LogP contribution in [0.4, 0.5) is 15.8 Å². The standard InChI is InChI=1S/C9H8BrFN6O2/c1-4(9-13-15-16-14-9)12-7-2-5(10)6(11)3-8(7)17(18)19/h2-4,12H,1H3,(H,13,14,15,16). The molecule has 0 fully saturated rings. The SMILES string of the molecule is CC(Nc1cc(Br)c(F)cc1[N+](=O)[O-])c1nn[nH]n1. The molecule has 0 aliphatic carbocycles. The number of hydrogen-bond donors (Lipinski definition) is 2. The summed E-state index contributed by atoms with van der Waals surface area (Å²) in [7, 11) is 0. The van der Waals surface area contributed by atoms with E-state index >= 15 is 0 Å². The molecule has 0 radical (unpaired) electrons. The van der Waals surface area contributed by atoms with Crippen molar-refractivity contribution in [1.82, 2.24) is 20.6 Å². The minimum atomic E-state index is -0.704. The topological polar surface area (TPSA) is 110 Å². The molecule has 1 atom stereocenters. The number of nitro groups is 1. The largest absolute Gasteiger partial charge is 0.370 e. The number of rotatable bonds is 4. The maximum absolute atomic E-state index is 13.3. The number of aromatic nitrogens is 4. The summed E-state index contributed by atoms with van der Waals surface area (Å²) in [6, 6.07) is 1.72. The van der Waals surface area contributed by atoms with E-state index in [0.717, 1.165) is 6.07 Å². The Bertz CT molecular complexity index is 605. The molecule has 2 N–H and O–H groups in total. The highest BCUT2D eigenvalue weighted by Crippen LogP contribution is 2.32. The Morgan fingerprint density at radius 2 is 2.32 bits per heavy atom. The van der Waals surface area contributed by atoms with Gasteiger partial charge in [0.05, 0.1) is 21.5 Å². The Hall–Kier alpha value is -2.10. The van der Waals surface area contributed by atoms with Crippen molar-refractivity contribution in [3.63, 3.8) is 0 Å². The van der Waals surface area contributed by atoms with Gasteiger partial charge in [0.1, 0.15) is 11.5 Å². The average molecular weight is 331 g/mol. The molecule has 0 spiro atoms. The van der Waals surface area contributed by atoms with E-state index in [1.807, 2.05) is 0 Å². The number of hydrogen-bond acceptors (Lipinski definition) is 6. The van der Waals surface area contributed by atoms with Crippen molar-refractivity contribution in [2.45, 2.75) is 13.0 Å². The summed E-state index contributed by atoms with van der Waals surface area (Å²) in [6.45, 7) is 1.70. The van der Waals surface area contributed by atoms with Gasteiger partial charge in [0.25, 0.3) is 5.69 Å². The summed E-state index contributed by atoms with van der Waals surface area (Å²) in [5, 5.41) is 26.9. The van der Waals surface area contributed by atoms with Crippen LogP contribution in [0.5, 0.6) is 0 Å². The summed E-state index contributed by atoms with van der Waals surface area (Å²) in [5.74, 6) is -0.362. The maximum Gasteiger partial charge on any atom is 0.295 e. The number of halogens is 2. The number of tetrazole rings is 1. The third kappa shape index (κ3) is 2.84. The van der Waals surface area contributed by atoms with E-state index in [0.29, 0.717) is 5.82 Å². The van der Waals surface area contributed by atoms with Crippen molar-refractivity contribution in [1.29, 1.82) is 0 Å². The Balaban J connectivity index is 2.33. The van der Waals surface area contributed by atoms with E-state index in [1.165, 1.54) is 6.07 Å². The predicted molar refractivity (Wildman–Crippen MR) is 67.0 cm³/mol. The summed E-state index contributed by atoms with van der Waals surface area (Å²) in [4.78, 5) is 10.2. The van der Waals surface area contributed by atoms with E-state index in [1.54, 1.807) is 6.92 Å². The van der Waals surface area contributed by atoms with E-state index in [9.17, 15) is 14.5 Å². The van der Waals surface area contributed by atoms with Crippen LogP contribution >= 0.6 is 15.9 Å². The quantitative estimate of drug-likeness (QED) is 0.656. The maximum atomic E-state index is 13.3. The normalized spacial score (nSPS) is 12.2. The second-order valence-electron chi connectivity index (χ2n) is 3.68. The first-order valence-corrected chi connectivity index (χ1v) is 5.91. The number of aromatic amines is 1. The molecule has 0 aliphatic heterocycles. The number of nitrogens with one attached hydrogen (secondary N) is 2. The van der Waals surface area contributed by atoms with Crippen LogP contribution in [-0.2, 0) is 0 Å². The number of anilines is 1. The highest BCUT2D eigenvalue weighted by Gasteiger charge is 2.20. The van der Waals surface area contributed by atoms with Crippen LogP contribution in [0, 0.1) is 15.9 Å². The molecule has 100 valence electrons. The van der Waals surface area contributed by atoms with Gasteiger partial charge < -0.3 is 5.32 Å². The van der Waals surface area contributed by atoms with Crippen molar-refractivity contribution < 1.29 is 9.31 Å². The van der Waals surface area contributed by atoms with Crippen molar-refractivity contribution in [3.8, 4) is 0 Å². The number of nitro benzene ring substituents is 1. The Kier molecular flexibility index (Phi) is 3.69. The summed E-state index contributed by atoms with van der Waals surface area (Å²) in [6.07, 6.45) is 0. The number of H-pyrrole nitrogens is 1. The molecule has 1 unspecified atom stereocenters. The third-order valence-electron chi connectivity index (χ3n) is 2.36. The number of nitrogens with zero attached hydrogens (tertiary/aromatic N) is 4. The first kappa shape index (κ1) is 13.3. The summed E-state index contributed by atoms with van der Waals surface area (Å²) < 4.78 is 13.4. The molecule has 0 saturated heterocycles. The van der Waals surface area contributed by atoms with Gasteiger partial charge in [-0.3, -0.25) is 10.1 Å². The van der Waals surface area contributed by atoms with Crippen LogP contribution in [0.1, 0.15) is 18.8 Å². The summed E-state index contributed by atoms with van der Waals surface area (Å²) in [5.41, 5.74) is -0.202. The molecule has 1 aromatic carbocycles. The van der Waals surface area contributed by atoms with Gasteiger partial charge in [-0.05, 0) is 28.9 Å². The molecule has 1 heterocycles. The van der Waals surface area contributed by atoms with E-state index < -0.39 is 16.8 Å². The Morgan fingerprint density at radius 1 is 1.58 bits per heavy atom. The zero-order valence-corrected chi connectivity index (χ0v) is 11.2. The molecule has 2 rings (SSSR count). The van der Waals surface area contributed by atoms with Gasteiger partial charge in [-0.25, -0.2) is 4.39 Å². The Morgan fingerprint density at radius 3 is 2.89 bits per heavy atom. The van der Waals surface area contributed by atoms with Crippen LogP contribution in [0.2, 0.25) is 0 Å². The first-order chi connectivity index (χ1) is 8.99. The molecule has 19 heavy (non-hydrogen) atoms. The van der Waals surface area contributed by atoms with Gasteiger partial charge in [-0.2, -0.15) is 5.21 Å². The molecular formula is C9H8BrFN6O2. The second-order valence-corrected chi connectivity index (χ2v) is 4.53. The predicted octanol–water partition coefficient (Wildman–Crippen LogP) is 2.18. The average Bonchev–Trinajstić information content (AvgIpc) is 2.86. The highest BCUT2D eigenvalue weighted by atomic mass is 79.9. The first-order valence-electron chi connectivity index (χ1n) is 5.12. The van der Waals surface area contributed by atoms with Crippen LogP contribution in [0.25, 0.3) is 0 Å². The molecule has 1 aromatic heterocycles. The van der Waals surface area contributed by atoms with E-state index in [2.05, 4.69) is 41.9 Å². The molecule has 0 bridgehead atoms.